The number of ketones is 2. The molecule has 0 heterocycles. The fourth-order valence-electron chi connectivity index (χ4n) is 1.06. The summed E-state index contributed by atoms with van der Waals surface area (Å²) >= 11 is 0. The van der Waals surface area contributed by atoms with Crippen molar-refractivity contribution in [1.82, 2.24) is 0 Å². The van der Waals surface area contributed by atoms with E-state index >= 15 is 0 Å². The van der Waals surface area contributed by atoms with Gasteiger partial charge in [-0.25, -0.2) is 0 Å². The summed E-state index contributed by atoms with van der Waals surface area (Å²) in [5.41, 5.74) is 0.521. The molecule has 0 fully saturated rings. The Morgan fingerprint density at radius 2 is 1.86 bits per heavy atom. The van der Waals surface area contributed by atoms with Gasteiger partial charge in [0.2, 0.25) is 0 Å². The quantitative estimate of drug-likeness (QED) is 0.729. The molecule has 0 aliphatic heterocycles. The number of carbonyl (C=O) groups excluding carboxylic acids is 2. The van der Waals surface area contributed by atoms with Gasteiger partial charge >= 0.3 is 0 Å². The van der Waals surface area contributed by atoms with Crippen molar-refractivity contribution in [2.24, 2.45) is 0 Å². The van der Waals surface area contributed by atoms with Crippen LogP contribution in [0, 0.1) is 0 Å². The lowest BCUT2D eigenvalue weighted by molar-refractivity contribution is -0.124. The Morgan fingerprint density at radius 3 is 2.36 bits per heavy atom. The molecule has 0 aliphatic rings. The van der Waals surface area contributed by atoms with Crippen LogP contribution in [0.5, 0.6) is 0 Å². The van der Waals surface area contributed by atoms with Crippen LogP contribution in [0.1, 0.15) is 23.7 Å². The van der Waals surface area contributed by atoms with E-state index < -0.39 is 6.10 Å². The molecule has 1 aromatic rings. The summed E-state index contributed by atoms with van der Waals surface area (Å²) in [4.78, 5) is 22.2. The highest BCUT2D eigenvalue weighted by atomic mass is 16.3. The van der Waals surface area contributed by atoms with Crippen LogP contribution < -0.4 is 0 Å². The van der Waals surface area contributed by atoms with E-state index in [2.05, 4.69) is 0 Å². The van der Waals surface area contributed by atoms with Crippen LogP contribution in [-0.4, -0.2) is 22.8 Å². The molecule has 74 valence electrons. The SMILES string of the molecule is CC(=O)C(O)CC(=O)c1ccccc1. The molecule has 0 saturated carbocycles. The van der Waals surface area contributed by atoms with Gasteiger partial charge in [0.1, 0.15) is 6.10 Å². The van der Waals surface area contributed by atoms with Gasteiger partial charge in [0, 0.05) is 12.0 Å². The second-order valence-corrected chi connectivity index (χ2v) is 3.12. The molecule has 3 nitrogen and oxygen atoms in total. The smallest absolute Gasteiger partial charge is 0.165 e. The first kappa shape index (κ1) is 10.6. The molecule has 1 aromatic carbocycles. The van der Waals surface area contributed by atoms with Gasteiger partial charge in [0.15, 0.2) is 11.6 Å². The molecule has 1 atom stereocenters. The van der Waals surface area contributed by atoms with Crippen molar-refractivity contribution in [2.75, 3.05) is 0 Å². The van der Waals surface area contributed by atoms with E-state index in [1.165, 1.54) is 6.92 Å². The van der Waals surface area contributed by atoms with Gasteiger partial charge in [-0.15, -0.1) is 0 Å². The van der Waals surface area contributed by atoms with Crippen molar-refractivity contribution in [1.29, 1.82) is 0 Å². The molecule has 0 bridgehead atoms. The highest BCUT2D eigenvalue weighted by molar-refractivity contribution is 5.99. The van der Waals surface area contributed by atoms with Crippen molar-refractivity contribution in [3.8, 4) is 0 Å². The third-order valence-corrected chi connectivity index (χ3v) is 1.94. The predicted molar refractivity (Wildman–Crippen MR) is 52.1 cm³/mol. The molecule has 1 N–H and O–H groups in total. The first-order valence-electron chi connectivity index (χ1n) is 4.38. The number of aliphatic hydroxyl groups excluding tert-OH is 1. The number of aliphatic hydroxyl groups is 1. The van der Waals surface area contributed by atoms with Crippen LogP contribution in [0.25, 0.3) is 0 Å². The number of hydrogen-bond acceptors (Lipinski definition) is 3. The Balaban J connectivity index is 2.64. The molecular formula is C11H12O3. The van der Waals surface area contributed by atoms with Gasteiger partial charge in [0.05, 0.1) is 0 Å². The normalized spacial score (nSPS) is 12.1. The molecule has 3 heteroatoms. The molecule has 0 aliphatic carbocycles. The van der Waals surface area contributed by atoms with Gasteiger partial charge in [-0.2, -0.15) is 0 Å². The van der Waals surface area contributed by atoms with Crippen molar-refractivity contribution in [3.63, 3.8) is 0 Å². The van der Waals surface area contributed by atoms with Crippen LogP contribution in [0.4, 0.5) is 0 Å². The van der Waals surface area contributed by atoms with E-state index in [0.29, 0.717) is 5.56 Å². The number of benzene rings is 1. The summed E-state index contributed by atoms with van der Waals surface area (Å²) in [7, 11) is 0. The third-order valence-electron chi connectivity index (χ3n) is 1.94. The van der Waals surface area contributed by atoms with Gasteiger partial charge in [-0.3, -0.25) is 9.59 Å². The summed E-state index contributed by atoms with van der Waals surface area (Å²) in [6, 6.07) is 8.61. The second-order valence-electron chi connectivity index (χ2n) is 3.12. The lowest BCUT2D eigenvalue weighted by Gasteiger charge is -2.05. The van der Waals surface area contributed by atoms with Gasteiger partial charge in [-0.05, 0) is 6.92 Å². The number of Topliss-reactive ketones (excluding diaryl/α,β-unsaturated/α-hetero) is 2. The lowest BCUT2D eigenvalue weighted by atomic mass is 10.0. The Hall–Kier alpha value is -1.48. The van der Waals surface area contributed by atoms with Crippen molar-refractivity contribution in [3.05, 3.63) is 35.9 Å². The molecule has 14 heavy (non-hydrogen) atoms. The van der Waals surface area contributed by atoms with E-state index in [1.807, 2.05) is 0 Å². The van der Waals surface area contributed by atoms with Crippen LogP contribution in [0.3, 0.4) is 0 Å². The second kappa shape index (κ2) is 4.67. The average molecular weight is 192 g/mol. The summed E-state index contributed by atoms with van der Waals surface area (Å²) < 4.78 is 0. The van der Waals surface area contributed by atoms with E-state index in [-0.39, 0.29) is 18.0 Å². The molecule has 0 saturated heterocycles. The molecule has 1 unspecified atom stereocenters. The summed E-state index contributed by atoms with van der Waals surface area (Å²) in [5.74, 6) is -0.595. The summed E-state index contributed by atoms with van der Waals surface area (Å²) in [6.45, 7) is 1.27. The van der Waals surface area contributed by atoms with Crippen LogP contribution in [-0.2, 0) is 4.79 Å². The van der Waals surface area contributed by atoms with Crippen LogP contribution in [0.15, 0.2) is 30.3 Å². The predicted octanol–water partition coefficient (Wildman–Crippen LogP) is 1.21. The van der Waals surface area contributed by atoms with Crippen molar-refractivity contribution in [2.45, 2.75) is 19.4 Å². The third kappa shape index (κ3) is 2.78. The van der Waals surface area contributed by atoms with E-state index in [1.54, 1.807) is 30.3 Å². The van der Waals surface area contributed by atoms with Gasteiger partial charge in [0.25, 0.3) is 0 Å². The lowest BCUT2D eigenvalue weighted by Crippen LogP contribution is -2.21. The van der Waals surface area contributed by atoms with E-state index in [9.17, 15) is 14.7 Å². The molecule has 0 amide bonds. The summed E-state index contributed by atoms with van der Waals surface area (Å²) in [6.07, 6.45) is -1.32. The fraction of sp³-hybridized carbons (Fsp3) is 0.273. The maximum Gasteiger partial charge on any atom is 0.165 e. The average Bonchev–Trinajstić information content (AvgIpc) is 2.19. The van der Waals surface area contributed by atoms with Crippen LogP contribution in [0.2, 0.25) is 0 Å². The zero-order valence-corrected chi connectivity index (χ0v) is 7.93. The number of rotatable bonds is 4. The Morgan fingerprint density at radius 1 is 1.29 bits per heavy atom. The minimum Gasteiger partial charge on any atom is -0.385 e. The van der Waals surface area contributed by atoms with E-state index in [0.717, 1.165) is 0 Å². The molecule has 0 radical (unpaired) electrons. The largest absolute Gasteiger partial charge is 0.385 e. The fourth-order valence-corrected chi connectivity index (χ4v) is 1.06. The van der Waals surface area contributed by atoms with Crippen molar-refractivity contribution < 1.29 is 14.7 Å². The van der Waals surface area contributed by atoms with Gasteiger partial charge < -0.3 is 5.11 Å². The maximum atomic E-state index is 11.4. The topological polar surface area (TPSA) is 54.4 Å². The monoisotopic (exact) mass is 192 g/mol. The molecule has 1 rings (SSSR count). The maximum absolute atomic E-state index is 11.4. The van der Waals surface area contributed by atoms with Gasteiger partial charge in [-0.1, -0.05) is 30.3 Å². The Kier molecular flexibility index (Phi) is 3.54. The Labute approximate surface area is 82.4 Å². The number of carbonyl (C=O) groups is 2. The standard InChI is InChI=1S/C11H12O3/c1-8(12)10(13)7-11(14)9-5-3-2-4-6-9/h2-6,10,13H,7H2,1H3. The van der Waals surface area contributed by atoms with Crippen LogP contribution >= 0.6 is 0 Å². The van der Waals surface area contributed by atoms with E-state index in [4.69, 9.17) is 0 Å². The zero-order valence-electron chi connectivity index (χ0n) is 7.93. The first-order valence-corrected chi connectivity index (χ1v) is 4.38. The Bertz CT molecular complexity index is 330. The molecule has 0 spiro atoms. The molecular weight excluding hydrogens is 180 g/mol. The minimum atomic E-state index is -1.18. The highest BCUT2D eigenvalue weighted by Gasteiger charge is 2.15. The molecule has 0 aromatic heterocycles. The van der Waals surface area contributed by atoms with Crippen molar-refractivity contribution >= 4 is 11.6 Å². The minimum absolute atomic E-state index is 0.140. The summed E-state index contributed by atoms with van der Waals surface area (Å²) in [5, 5.41) is 9.19. The first-order chi connectivity index (χ1) is 6.61. The highest BCUT2D eigenvalue weighted by Crippen LogP contribution is 2.05. The number of hydrogen-bond donors (Lipinski definition) is 1. The zero-order chi connectivity index (χ0) is 10.6.